The molecule has 1 aromatic heterocycles. The van der Waals surface area contributed by atoms with E-state index in [4.69, 9.17) is 4.42 Å². The number of furan rings is 1. The molecule has 0 radical (unpaired) electrons. The van der Waals surface area contributed by atoms with Gasteiger partial charge in [0.2, 0.25) is 11.7 Å². The van der Waals surface area contributed by atoms with E-state index in [1.165, 1.54) is 6.26 Å². The Balaban J connectivity index is 1.71. The lowest BCUT2D eigenvalue weighted by atomic mass is 9.84. The molecule has 1 aliphatic heterocycles. The van der Waals surface area contributed by atoms with E-state index in [-0.39, 0.29) is 17.6 Å². The molecule has 6 nitrogen and oxygen atoms in total. The van der Waals surface area contributed by atoms with Gasteiger partial charge in [-0.25, -0.2) is 0 Å². The van der Waals surface area contributed by atoms with Crippen LogP contribution in [0, 0.1) is 36.0 Å². The van der Waals surface area contributed by atoms with Gasteiger partial charge >= 0.3 is 0 Å². The molecule has 1 aromatic rings. The van der Waals surface area contributed by atoms with Crippen molar-refractivity contribution in [1.29, 1.82) is 5.26 Å². The zero-order valence-corrected chi connectivity index (χ0v) is 13.7. The first-order valence-electron chi connectivity index (χ1n) is 8.33. The Labute approximate surface area is 140 Å². The van der Waals surface area contributed by atoms with Crippen LogP contribution in [0.15, 0.2) is 16.7 Å². The quantitative estimate of drug-likeness (QED) is 0.610. The Morgan fingerprint density at radius 1 is 1.29 bits per heavy atom. The number of likely N-dealkylation sites (tertiary alicyclic amines) is 1. The number of hydrogen-bond acceptors (Lipinski definition) is 5. The standard InChI is InChI=1S/C18H20N2O4/c1-11-6-8-24-17(11)16(22)14(9-19)15(21)13-3-2-7-20(10-13)18(23)12-4-5-12/h6,8,12-14H,2-5,7,10H2,1H3/t13-,14+/m0/s1. The first-order chi connectivity index (χ1) is 11.5. The average Bonchev–Trinajstić information content (AvgIpc) is 3.36. The molecule has 24 heavy (non-hydrogen) atoms. The fraction of sp³-hybridized carbons (Fsp3) is 0.556. The Hall–Kier alpha value is -2.42. The molecule has 2 aliphatic rings. The van der Waals surface area contributed by atoms with Gasteiger partial charge in [0.05, 0.1) is 12.3 Å². The fourth-order valence-corrected chi connectivity index (χ4v) is 3.24. The third kappa shape index (κ3) is 3.12. The summed E-state index contributed by atoms with van der Waals surface area (Å²) >= 11 is 0. The summed E-state index contributed by atoms with van der Waals surface area (Å²) in [7, 11) is 0. The largest absolute Gasteiger partial charge is 0.461 e. The van der Waals surface area contributed by atoms with Gasteiger partial charge in [0.1, 0.15) is 0 Å². The number of ketones is 2. The molecule has 0 N–H and O–H groups in total. The highest BCUT2D eigenvalue weighted by molar-refractivity contribution is 6.12. The molecule has 2 atom stereocenters. The number of carbonyl (C=O) groups is 3. The van der Waals surface area contributed by atoms with Crippen LogP contribution in [0.1, 0.15) is 41.8 Å². The number of carbonyl (C=O) groups excluding carboxylic acids is 3. The lowest BCUT2D eigenvalue weighted by molar-refractivity contribution is -0.136. The summed E-state index contributed by atoms with van der Waals surface area (Å²) in [6.45, 7) is 2.67. The Morgan fingerprint density at radius 3 is 2.62 bits per heavy atom. The number of Topliss-reactive ketones (excluding diaryl/α,β-unsaturated/α-hetero) is 2. The number of aryl methyl sites for hydroxylation is 1. The molecule has 0 aromatic carbocycles. The van der Waals surface area contributed by atoms with Crippen molar-refractivity contribution in [1.82, 2.24) is 4.90 Å². The minimum absolute atomic E-state index is 0.0663. The van der Waals surface area contributed by atoms with Crippen LogP contribution in [0.4, 0.5) is 0 Å². The zero-order chi connectivity index (χ0) is 17.3. The minimum atomic E-state index is -1.36. The lowest BCUT2D eigenvalue weighted by Gasteiger charge is -2.32. The van der Waals surface area contributed by atoms with Gasteiger partial charge in [-0.15, -0.1) is 0 Å². The summed E-state index contributed by atoms with van der Waals surface area (Å²) in [5.74, 6) is -2.52. The molecule has 1 amide bonds. The van der Waals surface area contributed by atoms with Crippen molar-refractivity contribution in [3.63, 3.8) is 0 Å². The normalized spacial score (nSPS) is 21.8. The molecule has 2 fully saturated rings. The van der Waals surface area contributed by atoms with Gasteiger partial charge in [-0.1, -0.05) is 0 Å². The van der Waals surface area contributed by atoms with Crippen molar-refractivity contribution in [3.8, 4) is 6.07 Å². The number of rotatable bonds is 5. The first kappa shape index (κ1) is 16.4. The molecule has 3 rings (SSSR count). The molecule has 126 valence electrons. The van der Waals surface area contributed by atoms with Crippen LogP contribution in [0.25, 0.3) is 0 Å². The zero-order valence-electron chi connectivity index (χ0n) is 13.7. The maximum absolute atomic E-state index is 12.7. The molecule has 0 unspecified atom stereocenters. The van der Waals surface area contributed by atoms with E-state index in [9.17, 15) is 19.6 Å². The van der Waals surface area contributed by atoms with E-state index in [2.05, 4.69) is 0 Å². The summed E-state index contributed by atoms with van der Waals surface area (Å²) in [4.78, 5) is 39.1. The summed E-state index contributed by atoms with van der Waals surface area (Å²) < 4.78 is 5.13. The van der Waals surface area contributed by atoms with Crippen LogP contribution in [0.3, 0.4) is 0 Å². The molecule has 1 saturated carbocycles. The third-order valence-corrected chi connectivity index (χ3v) is 4.82. The third-order valence-electron chi connectivity index (χ3n) is 4.82. The Morgan fingerprint density at radius 2 is 2.04 bits per heavy atom. The van der Waals surface area contributed by atoms with Crippen LogP contribution in [0.2, 0.25) is 0 Å². The van der Waals surface area contributed by atoms with Gasteiger partial charge in [0.25, 0.3) is 0 Å². The van der Waals surface area contributed by atoms with E-state index < -0.39 is 23.4 Å². The van der Waals surface area contributed by atoms with Crippen LogP contribution >= 0.6 is 0 Å². The van der Waals surface area contributed by atoms with E-state index >= 15 is 0 Å². The van der Waals surface area contributed by atoms with Crippen molar-refractivity contribution in [2.24, 2.45) is 17.8 Å². The van der Waals surface area contributed by atoms with Gasteiger partial charge in [-0.3, -0.25) is 14.4 Å². The Kier molecular flexibility index (Phi) is 4.52. The first-order valence-corrected chi connectivity index (χ1v) is 8.33. The van der Waals surface area contributed by atoms with Crippen molar-refractivity contribution >= 4 is 17.5 Å². The molecule has 0 spiro atoms. The van der Waals surface area contributed by atoms with Gasteiger partial charge < -0.3 is 9.32 Å². The molecule has 2 heterocycles. The molecule has 1 aliphatic carbocycles. The van der Waals surface area contributed by atoms with E-state index in [1.54, 1.807) is 17.9 Å². The van der Waals surface area contributed by atoms with E-state index in [0.717, 1.165) is 19.3 Å². The Bertz CT molecular complexity index is 711. The highest BCUT2D eigenvalue weighted by atomic mass is 16.3. The van der Waals surface area contributed by atoms with Gasteiger partial charge in [0, 0.05) is 24.9 Å². The van der Waals surface area contributed by atoms with Gasteiger partial charge in [0.15, 0.2) is 17.5 Å². The lowest BCUT2D eigenvalue weighted by Crippen LogP contribution is -2.45. The van der Waals surface area contributed by atoms with Crippen molar-refractivity contribution in [3.05, 3.63) is 23.7 Å². The second-order valence-corrected chi connectivity index (χ2v) is 6.66. The highest BCUT2D eigenvalue weighted by Crippen LogP contribution is 2.33. The molecule has 0 bridgehead atoms. The number of nitriles is 1. The van der Waals surface area contributed by atoms with Crippen LogP contribution in [-0.4, -0.2) is 35.5 Å². The predicted octanol–water partition coefficient (Wildman–Crippen LogP) is 2.13. The average molecular weight is 328 g/mol. The molecular formula is C18H20N2O4. The maximum Gasteiger partial charge on any atom is 0.225 e. The van der Waals surface area contributed by atoms with Crippen molar-refractivity contribution < 1.29 is 18.8 Å². The van der Waals surface area contributed by atoms with E-state index in [0.29, 0.717) is 25.1 Å². The topological polar surface area (TPSA) is 91.4 Å². The molecule has 6 heteroatoms. The second kappa shape index (κ2) is 6.60. The SMILES string of the molecule is Cc1ccoc1C(=O)[C@H](C#N)C(=O)[C@H]1CCCN(C(=O)C2CC2)C1. The summed E-state index contributed by atoms with van der Waals surface area (Å²) in [5.41, 5.74) is 0.613. The summed E-state index contributed by atoms with van der Waals surface area (Å²) in [5, 5.41) is 9.35. The smallest absolute Gasteiger partial charge is 0.225 e. The predicted molar refractivity (Wildman–Crippen MR) is 83.9 cm³/mol. The minimum Gasteiger partial charge on any atom is -0.461 e. The highest BCUT2D eigenvalue weighted by Gasteiger charge is 2.40. The van der Waals surface area contributed by atoms with Crippen LogP contribution < -0.4 is 0 Å². The number of hydrogen-bond donors (Lipinski definition) is 0. The van der Waals surface area contributed by atoms with E-state index in [1.807, 2.05) is 6.07 Å². The van der Waals surface area contributed by atoms with Crippen molar-refractivity contribution in [2.75, 3.05) is 13.1 Å². The number of nitrogens with zero attached hydrogens (tertiary/aromatic N) is 2. The molecule has 1 saturated heterocycles. The summed E-state index contributed by atoms with van der Waals surface area (Å²) in [6.07, 6.45) is 4.55. The van der Waals surface area contributed by atoms with Crippen LogP contribution in [0.5, 0.6) is 0 Å². The molecular weight excluding hydrogens is 308 g/mol. The maximum atomic E-state index is 12.7. The second-order valence-electron chi connectivity index (χ2n) is 6.66. The van der Waals surface area contributed by atoms with Crippen molar-refractivity contribution in [2.45, 2.75) is 32.6 Å². The van der Waals surface area contributed by atoms with Gasteiger partial charge in [-0.2, -0.15) is 5.26 Å². The van der Waals surface area contributed by atoms with Gasteiger partial charge in [-0.05, 0) is 44.2 Å². The fourth-order valence-electron chi connectivity index (χ4n) is 3.24. The summed E-state index contributed by atoms with van der Waals surface area (Å²) in [6, 6.07) is 3.46. The monoisotopic (exact) mass is 328 g/mol. The van der Waals surface area contributed by atoms with Crippen LogP contribution in [-0.2, 0) is 9.59 Å². The number of piperidine rings is 1. The number of amides is 1.